The molecule has 1 amide bonds. The Bertz CT molecular complexity index is 565. The standard InChI is InChI=1S/C16H18Cl2N2O/c17-13-3-1-11(14(18)9-13)2-4-16(21)19-15-10-20-7-5-12(15)6-8-20/h1-4,9,12,15H,5-8,10H2,(H,19,21). The Balaban J connectivity index is 1.60. The van der Waals surface area contributed by atoms with Crippen molar-refractivity contribution < 1.29 is 4.79 Å². The highest BCUT2D eigenvalue weighted by Gasteiger charge is 2.34. The molecule has 21 heavy (non-hydrogen) atoms. The highest BCUT2D eigenvalue weighted by atomic mass is 35.5. The quantitative estimate of drug-likeness (QED) is 0.866. The molecule has 4 rings (SSSR count). The Labute approximate surface area is 134 Å². The molecule has 1 atom stereocenters. The lowest BCUT2D eigenvalue weighted by molar-refractivity contribution is -0.118. The van der Waals surface area contributed by atoms with Crippen molar-refractivity contribution in [1.29, 1.82) is 0 Å². The lowest BCUT2D eigenvalue weighted by Gasteiger charge is -2.44. The van der Waals surface area contributed by atoms with E-state index in [1.807, 2.05) is 6.07 Å². The molecule has 3 aliphatic heterocycles. The molecule has 1 N–H and O–H groups in total. The predicted octanol–water partition coefficient (Wildman–Crippen LogP) is 3.22. The molecular formula is C16H18Cl2N2O. The number of hydrogen-bond acceptors (Lipinski definition) is 2. The van der Waals surface area contributed by atoms with Crippen LogP contribution in [0, 0.1) is 5.92 Å². The highest BCUT2D eigenvalue weighted by molar-refractivity contribution is 6.35. The van der Waals surface area contributed by atoms with Gasteiger partial charge in [-0.05, 0) is 55.6 Å². The first-order chi connectivity index (χ1) is 10.1. The van der Waals surface area contributed by atoms with Gasteiger partial charge in [0.05, 0.1) is 0 Å². The Kier molecular flexibility index (Phi) is 4.53. The first-order valence-electron chi connectivity index (χ1n) is 7.28. The van der Waals surface area contributed by atoms with E-state index in [0.29, 0.717) is 16.0 Å². The van der Waals surface area contributed by atoms with Crippen LogP contribution < -0.4 is 5.32 Å². The topological polar surface area (TPSA) is 32.3 Å². The first-order valence-corrected chi connectivity index (χ1v) is 8.03. The summed E-state index contributed by atoms with van der Waals surface area (Å²) in [4.78, 5) is 14.5. The van der Waals surface area contributed by atoms with Gasteiger partial charge in [0.1, 0.15) is 0 Å². The van der Waals surface area contributed by atoms with E-state index in [9.17, 15) is 4.79 Å². The third-order valence-corrected chi connectivity index (χ3v) is 4.92. The molecule has 0 spiro atoms. The summed E-state index contributed by atoms with van der Waals surface area (Å²) < 4.78 is 0. The van der Waals surface area contributed by atoms with Crippen molar-refractivity contribution in [2.45, 2.75) is 18.9 Å². The van der Waals surface area contributed by atoms with Crippen molar-refractivity contribution in [3.8, 4) is 0 Å². The van der Waals surface area contributed by atoms with E-state index >= 15 is 0 Å². The van der Waals surface area contributed by atoms with E-state index in [1.165, 1.54) is 25.9 Å². The average molecular weight is 325 g/mol. The Morgan fingerprint density at radius 2 is 2.05 bits per heavy atom. The van der Waals surface area contributed by atoms with Crippen molar-refractivity contribution in [1.82, 2.24) is 10.2 Å². The van der Waals surface area contributed by atoms with Crippen LogP contribution in [0.3, 0.4) is 0 Å². The Hall–Kier alpha value is -1.03. The van der Waals surface area contributed by atoms with Crippen molar-refractivity contribution in [3.05, 3.63) is 39.9 Å². The third-order valence-electron chi connectivity index (χ3n) is 4.36. The second-order valence-corrected chi connectivity index (χ2v) is 6.60. The minimum absolute atomic E-state index is 0.0558. The molecule has 1 aromatic carbocycles. The summed E-state index contributed by atoms with van der Waals surface area (Å²) >= 11 is 11.9. The highest BCUT2D eigenvalue weighted by Crippen LogP contribution is 2.27. The first kappa shape index (κ1) is 14.9. The zero-order valence-corrected chi connectivity index (χ0v) is 13.2. The van der Waals surface area contributed by atoms with Crippen molar-refractivity contribution in [3.63, 3.8) is 0 Å². The molecule has 3 saturated heterocycles. The maximum absolute atomic E-state index is 12.1. The second kappa shape index (κ2) is 6.39. The summed E-state index contributed by atoms with van der Waals surface area (Å²) in [6.45, 7) is 3.33. The normalized spacial score (nSPS) is 28.0. The van der Waals surface area contributed by atoms with Crippen molar-refractivity contribution in [2.75, 3.05) is 19.6 Å². The molecule has 3 heterocycles. The van der Waals surface area contributed by atoms with Crippen LogP contribution in [0.2, 0.25) is 10.0 Å². The van der Waals surface area contributed by atoms with Gasteiger partial charge >= 0.3 is 0 Å². The van der Waals surface area contributed by atoms with Gasteiger partial charge in [-0.1, -0.05) is 29.3 Å². The molecule has 1 unspecified atom stereocenters. The number of amides is 1. The number of hydrogen-bond donors (Lipinski definition) is 1. The lowest BCUT2D eigenvalue weighted by Crippen LogP contribution is -2.57. The van der Waals surface area contributed by atoms with Crippen molar-refractivity contribution >= 4 is 35.2 Å². The maximum atomic E-state index is 12.1. The van der Waals surface area contributed by atoms with E-state index in [1.54, 1.807) is 24.3 Å². The monoisotopic (exact) mass is 324 g/mol. The number of nitrogens with zero attached hydrogens (tertiary/aromatic N) is 1. The number of carbonyl (C=O) groups is 1. The van der Waals surface area contributed by atoms with Gasteiger partial charge in [-0.2, -0.15) is 0 Å². The lowest BCUT2D eigenvalue weighted by atomic mass is 9.84. The van der Waals surface area contributed by atoms with Crippen molar-refractivity contribution in [2.24, 2.45) is 5.92 Å². The zero-order chi connectivity index (χ0) is 14.8. The molecular weight excluding hydrogens is 307 g/mol. The van der Waals surface area contributed by atoms with Gasteiger partial charge < -0.3 is 10.2 Å². The Morgan fingerprint density at radius 1 is 1.29 bits per heavy atom. The molecule has 0 saturated carbocycles. The van der Waals surface area contributed by atoms with Crippen LogP contribution in [-0.2, 0) is 4.79 Å². The molecule has 3 fully saturated rings. The number of rotatable bonds is 3. The average Bonchev–Trinajstić information content (AvgIpc) is 2.47. The molecule has 3 nitrogen and oxygen atoms in total. The third kappa shape index (κ3) is 3.60. The number of fused-ring (bicyclic) bond motifs is 3. The minimum atomic E-state index is -0.0558. The van der Waals surface area contributed by atoms with Crippen LogP contribution in [0.4, 0.5) is 0 Å². The number of nitrogens with one attached hydrogen (secondary N) is 1. The number of carbonyl (C=O) groups excluding carboxylic acids is 1. The number of benzene rings is 1. The molecule has 3 aliphatic rings. The molecule has 112 valence electrons. The largest absolute Gasteiger partial charge is 0.348 e. The molecule has 5 heteroatoms. The van der Waals surface area contributed by atoms with E-state index in [2.05, 4.69) is 10.2 Å². The van der Waals surface area contributed by atoms with E-state index in [4.69, 9.17) is 23.2 Å². The zero-order valence-electron chi connectivity index (χ0n) is 11.7. The van der Waals surface area contributed by atoms with E-state index in [-0.39, 0.29) is 11.9 Å². The molecule has 0 radical (unpaired) electrons. The maximum Gasteiger partial charge on any atom is 0.244 e. The molecule has 2 bridgehead atoms. The van der Waals surface area contributed by atoms with Crippen LogP contribution in [0.1, 0.15) is 18.4 Å². The summed E-state index contributed by atoms with van der Waals surface area (Å²) in [7, 11) is 0. The van der Waals surface area contributed by atoms with Gasteiger partial charge in [0.15, 0.2) is 0 Å². The summed E-state index contributed by atoms with van der Waals surface area (Å²) in [6, 6.07) is 5.53. The molecule has 0 aromatic heterocycles. The second-order valence-electron chi connectivity index (χ2n) is 5.75. The fourth-order valence-electron chi connectivity index (χ4n) is 3.16. The van der Waals surface area contributed by atoms with Crippen LogP contribution in [0.5, 0.6) is 0 Å². The SMILES string of the molecule is O=C(C=Cc1ccc(Cl)cc1Cl)NC1CN2CCC1CC2. The van der Waals surface area contributed by atoms with Gasteiger partial charge in [0.2, 0.25) is 5.91 Å². The smallest absolute Gasteiger partial charge is 0.244 e. The predicted molar refractivity (Wildman–Crippen MR) is 86.6 cm³/mol. The van der Waals surface area contributed by atoms with Gasteiger partial charge in [-0.15, -0.1) is 0 Å². The molecule has 1 aromatic rings. The van der Waals surface area contributed by atoms with Gasteiger partial charge in [-0.25, -0.2) is 0 Å². The summed E-state index contributed by atoms with van der Waals surface area (Å²) in [5, 5.41) is 4.26. The summed E-state index contributed by atoms with van der Waals surface area (Å²) in [6.07, 6.45) is 5.66. The van der Waals surface area contributed by atoms with Gasteiger partial charge in [0.25, 0.3) is 0 Å². The van der Waals surface area contributed by atoms with Crippen LogP contribution in [0.15, 0.2) is 24.3 Å². The summed E-state index contributed by atoms with van der Waals surface area (Å²) in [5.41, 5.74) is 0.796. The van der Waals surface area contributed by atoms with Gasteiger partial charge in [0, 0.05) is 28.7 Å². The number of piperidine rings is 3. The Morgan fingerprint density at radius 3 is 2.67 bits per heavy atom. The minimum Gasteiger partial charge on any atom is -0.348 e. The number of halogens is 2. The van der Waals surface area contributed by atoms with Gasteiger partial charge in [-0.3, -0.25) is 4.79 Å². The van der Waals surface area contributed by atoms with Crippen LogP contribution in [0.25, 0.3) is 6.08 Å². The molecule has 0 aliphatic carbocycles. The van der Waals surface area contributed by atoms with E-state index < -0.39 is 0 Å². The van der Waals surface area contributed by atoms with Crippen LogP contribution >= 0.6 is 23.2 Å². The fraction of sp³-hybridized carbons (Fsp3) is 0.438. The van der Waals surface area contributed by atoms with Crippen LogP contribution in [-0.4, -0.2) is 36.5 Å². The fourth-order valence-corrected chi connectivity index (χ4v) is 3.63. The summed E-state index contributed by atoms with van der Waals surface area (Å²) in [5.74, 6) is 0.575. The van der Waals surface area contributed by atoms with E-state index in [0.717, 1.165) is 12.1 Å².